The molecule has 138 valence electrons. The molecule has 2 aromatic carbocycles. The quantitative estimate of drug-likeness (QED) is 0.757. The van der Waals surface area contributed by atoms with Crippen molar-refractivity contribution in [3.63, 3.8) is 0 Å². The zero-order valence-corrected chi connectivity index (χ0v) is 16.1. The molecule has 0 spiro atoms. The Hall–Kier alpha value is -2.53. The molecule has 0 bridgehead atoms. The van der Waals surface area contributed by atoms with Crippen molar-refractivity contribution in [2.75, 3.05) is 18.5 Å². The molecule has 2 aromatic rings. The summed E-state index contributed by atoms with van der Waals surface area (Å²) in [5.74, 6) is -0.183. The number of hydrogen-bond acceptors (Lipinski definition) is 4. The van der Waals surface area contributed by atoms with Crippen molar-refractivity contribution >= 4 is 29.2 Å². The Bertz CT molecular complexity index is 833. The van der Waals surface area contributed by atoms with Gasteiger partial charge in [-0.2, -0.15) is 0 Å². The number of halogens is 1. The van der Waals surface area contributed by atoms with E-state index in [1.54, 1.807) is 19.1 Å². The lowest BCUT2D eigenvalue weighted by molar-refractivity contribution is -0.118. The minimum absolute atomic E-state index is 0.138. The lowest BCUT2D eigenvalue weighted by Crippen LogP contribution is -2.20. The van der Waals surface area contributed by atoms with Gasteiger partial charge in [0.25, 0.3) is 5.91 Å². The van der Waals surface area contributed by atoms with E-state index in [0.717, 1.165) is 16.7 Å². The molecule has 0 saturated heterocycles. The van der Waals surface area contributed by atoms with Gasteiger partial charge in [0.15, 0.2) is 6.61 Å². The van der Waals surface area contributed by atoms with Gasteiger partial charge in [-0.15, -0.1) is 0 Å². The third-order valence-corrected chi connectivity index (χ3v) is 4.20. The number of benzene rings is 2. The molecule has 0 saturated carbocycles. The number of hydrogen-bond donors (Lipinski definition) is 1. The molecule has 0 unspecified atom stereocenters. The topological polar surface area (TPSA) is 64.6 Å². The summed E-state index contributed by atoms with van der Waals surface area (Å²) in [4.78, 5) is 24.0. The monoisotopic (exact) mass is 375 g/mol. The highest BCUT2D eigenvalue weighted by Crippen LogP contribution is 2.24. The third kappa shape index (κ3) is 4.99. The van der Waals surface area contributed by atoms with E-state index in [-0.39, 0.29) is 29.7 Å². The van der Waals surface area contributed by atoms with E-state index in [9.17, 15) is 9.59 Å². The zero-order valence-electron chi connectivity index (χ0n) is 15.3. The molecule has 1 N–H and O–H groups in total. The van der Waals surface area contributed by atoms with Crippen LogP contribution in [0.5, 0.6) is 5.75 Å². The van der Waals surface area contributed by atoms with Crippen molar-refractivity contribution in [3.05, 3.63) is 57.6 Å². The molecule has 5 nitrogen and oxygen atoms in total. The predicted molar refractivity (Wildman–Crippen MR) is 102 cm³/mol. The van der Waals surface area contributed by atoms with Gasteiger partial charge in [-0.25, -0.2) is 4.79 Å². The Morgan fingerprint density at radius 3 is 2.54 bits per heavy atom. The second-order valence-corrected chi connectivity index (χ2v) is 6.36. The molecule has 0 aliphatic carbocycles. The Labute approximate surface area is 158 Å². The van der Waals surface area contributed by atoms with Crippen molar-refractivity contribution < 1.29 is 19.1 Å². The van der Waals surface area contributed by atoms with Crippen LogP contribution in [0.15, 0.2) is 30.3 Å². The van der Waals surface area contributed by atoms with Gasteiger partial charge in [0, 0.05) is 5.69 Å². The smallest absolute Gasteiger partial charge is 0.339 e. The molecule has 0 heterocycles. The summed E-state index contributed by atoms with van der Waals surface area (Å²) in [7, 11) is 0. The van der Waals surface area contributed by atoms with Crippen LogP contribution in [0, 0.1) is 20.8 Å². The maximum absolute atomic E-state index is 12.2. The number of rotatable bonds is 6. The summed E-state index contributed by atoms with van der Waals surface area (Å²) in [6.45, 7) is 7.75. The van der Waals surface area contributed by atoms with Gasteiger partial charge in [0.2, 0.25) is 0 Å². The highest BCUT2D eigenvalue weighted by atomic mass is 35.5. The Kier molecular flexibility index (Phi) is 6.64. The number of aryl methyl sites for hydroxylation is 2. The molecule has 6 heteroatoms. The second-order valence-electron chi connectivity index (χ2n) is 5.96. The first-order valence-electron chi connectivity index (χ1n) is 8.29. The molecule has 0 fully saturated rings. The van der Waals surface area contributed by atoms with Crippen molar-refractivity contribution in [1.82, 2.24) is 0 Å². The summed E-state index contributed by atoms with van der Waals surface area (Å²) in [6, 6.07) is 8.60. The first kappa shape index (κ1) is 19.8. The summed E-state index contributed by atoms with van der Waals surface area (Å²) in [5, 5.41) is 2.96. The molecule has 0 aromatic heterocycles. The van der Waals surface area contributed by atoms with Crippen LogP contribution >= 0.6 is 11.6 Å². The van der Waals surface area contributed by atoms with Crippen LogP contribution < -0.4 is 10.1 Å². The fraction of sp³-hybridized carbons (Fsp3) is 0.300. The van der Waals surface area contributed by atoms with Crippen LogP contribution in [0.25, 0.3) is 0 Å². The van der Waals surface area contributed by atoms with Crippen molar-refractivity contribution in [2.45, 2.75) is 27.7 Å². The molecule has 0 radical (unpaired) electrons. The second kappa shape index (κ2) is 8.72. The number of anilines is 1. The average Bonchev–Trinajstić information content (AvgIpc) is 2.58. The Morgan fingerprint density at radius 2 is 1.85 bits per heavy atom. The lowest BCUT2D eigenvalue weighted by Gasteiger charge is -2.13. The highest BCUT2D eigenvalue weighted by Gasteiger charge is 2.14. The van der Waals surface area contributed by atoms with Gasteiger partial charge >= 0.3 is 5.97 Å². The van der Waals surface area contributed by atoms with Crippen LogP contribution in [0.2, 0.25) is 5.02 Å². The standard InChI is InChI=1S/C20H22ClNO4/c1-5-25-20(24)16-10-15(6-7-17(16)21)22-19(23)11-26-18-9-12(2)8-13(3)14(18)4/h6-10H,5,11H2,1-4H3,(H,22,23). The highest BCUT2D eigenvalue weighted by molar-refractivity contribution is 6.33. The first-order valence-corrected chi connectivity index (χ1v) is 8.66. The predicted octanol–water partition coefficient (Wildman–Crippen LogP) is 4.46. The molecule has 0 atom stereocenters. The van der Waals surface area contributed by atoms with Crippen molar-refractivity contribution in [3.8, 4) is 5.75 Å². The summed E-state index contributed by atoms with van der Waals surface area (Å²) < 4.78 is 10.6. The fourth-order valence-corrected chi connectivity index (χ4v) is 2.65. The van der Waals surface area contributed by atoms with Gasteiger partial charge < -0.3 is 14.8 Å². The molecular weight excluding hydrogens is 354 g/mol. The van der Waals surface area contributed by atoms with E-state index in [1.807, 2.05) is 26.8 Å². The number of nitrogens with one attached hydrogen (secondary N) is 1. The van der Waals surface area contributed by atoms with Crippen molar-refractivity contribution in [1.29, 1.82) is 0 Å². The van der Waals surface area contributed by atoms with E-state index in [0.29, 0.717) is 11.4 Å². The van der Waals surface area contributed by atoms with Crippen molar-refractivity contribution in [2.24, 2.45) is 0 Å². The van der Waals surface area contributed by atoms with E-state index in [4.69, 9.17) is 21.1 Å². The SMILES string of the molecule is CCOC(=O)c1cc(NC(=O)COc2cc(C)cc(C)c2C)ccc1Cl. The number of carbonyl (C=O) groups excluding carboxylic acids is 2. The third-order valence-electron chi connectivity index (χ3n) is 3.87. The van der Waals surface area contributed by atoms with Gasteiger partial charge in [-0.3, -0.25) is 4.79 Å². The maximum Gasteiger partial charge on any atom is 0.339 e. The Balaban J connectivity index is 2.04. The number of carbonyl (C=O) groups is 2. The van der Waals surface area contributed by atoms with Gasteiger partial charge in [0.05, 0.1) is 17.2 Å². The molecule has 1 amide bonds. The number of ether oxygens (including phenoxy) is 2. The first-order chi connectivity index (χ1) is 12.3. The van der Waals surface area contributed by atoms with E-state index >= 15 is 0 Å². The number of esters is 1. The average molecular weight is 376 g/mol. The van der Waals surface area contributed by atoms with E-state index in [2.05, 4.69) is 11.4 Å². The summed E-state index contributed by atoms with van der Waals surface area (Å²) in [6.07, 6.45) is 0. The van der Waals surface area contributed by atoms with E-state index < -0.39 is 5.97 Å². The van der Waals surface area contributed by atoms with Crippen LogP contribution in [0.3, 0.4) is 0 Å². The molecule has 26 heavy (non-hydrogen) atoms. The minimum Gasteiger partial charge on any atom is -0.483 e. The molecular formula is C20H22ClNO4. The van der Waals surface area contributed by atoms with E-state index in [1.165, 1.54) is 6.07 Å². The largest absolute Gasteiger partial charge is 0.483 e. The molecule has 0 aliphatic rings. The van der Waals surface area contributed by atoms with Gasteiger partial charge in [-0.05, 0) is 68.7 Å². The van der Waals surface area contributed by atoms with Crippen LogP contribution in [-0.4, -0.2) is 25.1 Å². The molecule has 0 aliphatic heterocycles. The molecule has 2 rings (SSSR count). The normalized spacial score (nSPS) is 10.3. The fourth-order valence-electron chi connectivity index (χ4n) is 2.46. The number of amides is 1. The lowest BCUT2D eigenvalue weighted by atomic mass is 10.1. The van der Waals surface area contributed by atoms with Gasteiger partial charge in [0.1, 0.15) is 5.75 Å². The minimum atomic E-state index is -0.532. The Morgan fingerprint density at radius 1 is 1.12 bits per heavy atom. The van der Waals surface area contributed by atoms with Gasteiger partial charge in [-0.1, -0.05) is 17.7 Å². The maximum atomic E-state index is 12.2. The summed E-state index contributed by atoms with van der Waals surface area (Å²) in [5.41, 5.74) is 3.83. The van der Waals surface area contributed by atoms with Crippen LogP contribution in [-0.2, 0) is 9.53 Å². The summed E-state index contributed by atoms with van der Waals surface area (Å²) >= 11 is 6.01. The van der Waals surface area contributed by atoms with Crippen LogP contribution in [0.1, 0.15) is 34.0 Å². The van der Waals surface area contributed by atoms with Crippen LogP contribution in [0.4, 0.5) is 5.69 Å². The zero-order chi connectivity index (χ0) is 19.3.